The summed E-state index contributed by atoms with van der Waals surface area (Å²) in [7, 11) is 0. The van der Waals surface area contributed by atoms with Crippen molar-refractivity contribution in [2.45, 2.75) is 38.3 Å². The van der Waals surface area contributed by atoms with Crippen LogP contribution < -0.4 is 0 Å². The molecule has 2 aromatic rings. The Balaban J connectivity index is 1.50. The van der Waals surface area contributed by atoms with E-state index in [2.05, 4.69) is 35.8 Å². The molecule has 4 heteroatoms. The molecule has 2 aliphatic rings. The van der Waals surface area contributed by atoms with E-state index in [0.29, 0.717) is 23.5 Å². The largest absolute Gasteiger partial charge is 0.508 e. The fourth-order valence-electron chi connectivity index (χ4n) is 4.96. The molecule has 2 saturated heterocycles. The molecule has 4 nitrogen and oxygen atoms in total. The summed E-state index contributed by atoms with van der Waals surface area (Å²) in [6.45, 7) is 9.92. The predicted octanol–water partition coefficient (Wildman–Crippen LogP) is 3.58. The first kappa shape index (κ1) is 18.3. The molecule has 27 heavy (non-hydrogen) atoms. The van der Waals surface area contributed by atoms with Crippen molar-refractivity contribution < 1.29 is 10.2 Å². The fourth-order valence-corrected chi connectivity index (χ4v) is 4.96. The van der Waals surface area contributed by atoms with Crippen LogP contribution in [0.15, 0.2) is 48.5 Å². The Hall–Kier alpha value is -2.04. The Morgan fingerprint density at radius 2 is 1.74 bits per heavy atom. The summed E-state index contributed by atoms with van der Waals surface area (Å²) in [6.07, 6.45) is 1.11. The van der Waals surface area contributed by atoms with Gasteiger partial charge in [-0.1, -0.05) is 38.1 Å². The SMILES string of the molecule is CC1CN2CCN(Cc3cccc(O)c3)CC2C[C@@]1(C)c1cccc(O)c1. The number of benzene rings is 2. The van der Waals surface area contributed by atoms with Gasteiger partial charge in [0.05, 0.1) is 0 Å². The average Bonchev–Trinajstić information content (AvgIpc) is 2.63. The van der Waals surface area contributed by atoms with Crippen LogP contribution in [-0.2, 0) is 12.0 Å². The molecule has 0 aliphatic carbocycles. The molecule has 3 atom stereocenters. The molecule has 0 spiro atoms. The van der Waals surface area contributed by atoms with Gasteiger partial charge < -0.3 is 10.2 Å². The number of fused-ring (bicyclic) bond motifs is 1. The molecule has 0 aromatic heterocycles. The van der Waals surface area contributed by atoms with Gasteiger partial charge in [0.2, 0.25) is 0 Å². The standard InChI is InChI=1S/C23H30N2O2/c1-17-14-25-10-9-24(15-18-5-3-7-21(26)11-18)16-20(25)13-23(17,2)19-6-4-8-22(27)12-19/h3-8,11-12,17,20,26-27H,9-10,13-16H2,1-2H3/t17?,20?,23-/m1/s1. The molecule has 2 N–H and O–H groups in total. The Bertz CT molecular complexity index is 808. The van der Waals surface area contributed by atoms with Crippen LogP contribution in [0, 0.1) is 5.92 Å². The van der Waals surface area contributed by atoms with Gasteiger partial charge in [-0.15, -0.1) is 0 Å². The number of phenolic OH excluding ortho intramolecular Hbond substituents is 2. The zero-order valence-corrected chi connectivity index (χ0v) is 16.3. The van der Waals surface area contributed by atoms with Crippen molar-refractivity contribution >= 4 is 0 Å². The van der Waals surface area contributed by atoms with E-state index in [0.717, 1.165) is 39.1 Å². The van der Waals surface area contributed by atoms with Crippen molar-refractivity contribution in [3.8, 4) is 11.5 Å². The highest BCUT2D eigenvalue weighted by Gasteiger charge is 2.44. The van der Waals surface area contributed by atoms with Crippen molar-refractivity contribution in [3.63, 3.8) is 0 Å². The molecular weight excluding hydrogens is 336 g/mol. The Kier molecular flexibility index (Phi) is 4.87. The van der Waals surface area contributed by atoms with E-state index >= 15 is 0 Å². The summed E-state index contributed by atoms with van der Waals surface area (Å²) in [5, 5.41) is 19.7. The Labute approximate surface area is 162 Å². The average molecular weight is 367 g/mol. The lowest BCUT2D eigenvalue weighted by molar-refractivity contribution is -0.00558. The zero-order valence-electron chi connectivity index (χ0n) is 16.3. The van der Waals surface area contributed by atoms with E-state index < -0.39 is 0 Å². The van der Waals surface area contributed by atoms with Crippen LogP contribution in [0.4, 0.5) is 0 Å². The van der Waals surface area contributed by atoms with Gasteiger partial charge in [0.25, 0.3) is 0 Å². The second-order valence-corrected chi connectivity index (χ2v) is 8.63. The summed E-state index contributed by atoms with van der Waals surface area (Å²) in [5.41, 5.74) is 2.50. The summed E-state index contributed by atoms with van der Waals surface area (Å²) in [5.74, 6) is 1.25. The molecule has 2 fully saturated rings. The minimum absolute atomic E-state index is 0.0773. The van der Waals surface area contributed by atoms with Gasteiger partial charge in [0, 0.05) is 38.8 Å². The predicted molar refractivity (Wildman–Crippen MR) is 108 cm³/mol. The van der Waals surface area contributed by atoms with Gasteiger partial charge in [-0.2, -0.15) is 0 Å². The third-order valence-electron chi connectivity index (χ3n) is 6.77. The number of phenols is 2. The maximum Gasteiger partial charge on any atom is 0.115 e. The second-order valence-electron chi connectivity index (χ2n) is 8.63. The normalized spacial score (nSPS) is 29.4. The number of hydrogen-bond acceptors (Lipinski definition) is 4. The van der Waals surface area contributed by atoms with E-state index in [9.17, 15) is 10.2 Å². The third kappa shape index (κ3) is 3.69. The highest BCUT2D eigenvalue weighted by molar-refractivity contribution is 5.34. The topological polar surface area (TPSA) is 46.9 Å². The molecule has 0 bridgehead atoms. The molecule has 144 valence electrons. The molecule has 0 saturated carbocycles. The number of piperazine rings is 1. The van der Waals surface area contributed by atoms with Gasteiger partial charge in [0.15, 0.2) is 0 Å². The van der Waals surface area contributed by atoms with E-state index in [1.165, 1.54) is 11.1 Å². The van der Waals surface area contributed by atoms with Gasteiger partial charge >= 0.3 is 0 Å². The summed E-state index contributed by atoms with van der Waals surface area (Å²) >= 11 is 0. The van der Waals surface area contributed by atoms with Crippen LogP contribution in [-0.4, -0.2) is 52.2 Å². The van der Waals surface area contributed by atoms with Crippen LogP contribution in [0.2, 0.25) is 0 Å². The second kappa shape index (κ2) is 7.17. The molecule has 2 unspecified atom stereocenters. The lowest BCUT2D eigenvalue weighted by atomic mass is 9.65. The van der Waals surface area contributed by atoms with Crippen molar-refractivity contribution in [3.05, 3.63) is 59.7 Å². The van der Waals surface area contributed by atoms with Crippen LogP contribution >= 0.6 is 0 Å². The number of aromatic hydroxyl groups is 2. The molecule has 2 aromatic carbocycles. The third-order valence-corrected chi connectivity index (χ3v) is 6.77. The van der Waals surface area contributed by atoms with Crippen LogP contribution in [0.1, 0.15) is 31.4 Å². The lowest BCUT2D eigenvalue weighted by Gasteiger charge is -2.53. The first-order chi connectivity index (χ1) is 12.9. The smallest absolute Gasteiger partial charge is 0.115 e. The molecule has 0 radical (unpaired) electrons. The lowest BCUT2D eigenvalue weighted by Crippen LogP contribution is -2.60. The van der Waals surface area contributed by atoms with E-state index in [1.54, 1.807) is 12.1 Å². The zero-order chi connectivity index (χ0) is 19.0. The number of piperidine rings is 1. The number of hydrogen-bond donors (Lipinski definition) is 2. The summed E-state index contributed by atoms with van der Waals surface area (Å²) < 4.78 is 0. The fraction of sp³-hybridized carbons (Fsp3) is 0.478. The molecule has 4 rings (SSSR count). The highest BCUT2D eigenvalue weighted by atomic mass is 16.3. The maximum absolute atomic E-state index is 9.97. The number of nitrogens with zero attached hydrogens (tertiary/aromatic N) is 2. The first-order valence-corrected chi connectivity index (χ1v) is 9.98. The van der Waals surface area contributed by atoms with Crippen molar-refractivity contribution in [2.75, 3.05) is 26.2 Å². The molecule has 2 heterocycles. The minimum Gasteiger partial charge on any atom is -0.508 e. The maximum atomic E-state index is 9.97. The van der Waals surface area contributed by atoms with Gasteiger partial charge in [-0.05, 0) is 53.1 Å². The van der Waals surface area contributed by atoms with Crippen LogP contribution in [0.25, 0.3) is 0 Å². The number of rotatable bonds is 3. The molecule has 0 amide bonds. The van der Waals surface area contributed by atoms with Crippen molar-refractivity contribution in [2.24, 2.45) is 5.92 Å². The first-order valence-electron chi connectivity index (χ1n) is 9.98. The Morgan fingerprint density at radius 1 is 1.00 bits per heavy atom. The quantitative estimate of drug-likeness (QED) is 0.872. The van der Waals surface area contributed by atoms with E-state index in [-0.39, 0.29) is 5.41 Å². The van der Waals surface area contributed by atoms with Gasteiger partial charge in [0.1, 0.15) is 11.5 Å². The molecule has 2 aliphatic heterocycles. The van der Waals surface area contributed by atoms with Gasteiger partial charge in [-0.25, -0.2) is 0 Å². The van der Waals surface area contributed by atoms with Crippen LogP contribution in [0.5, 0.6) is 11.5 Å². The monoisotopic (exact) mass is 366 g/mol. The summed E-state index contributed by atoms with van der Waals surface area (Å²) in [4.78, 5) is 5.16. The minimum atomic E-state index is 0.0773. The Morgan fingerprint density at radius 3 is 2.48 bits per heavy atom. The van der Waals surface area contributed by atoms with Crippen molar-refractivity contribution in [1.29, 1.82) is 0 Å². The molecular formula is C23H30N2O2. The highest BCUT2D eigenvalue weighted by Crippen LogP contribution is 2.43. The van der Waals surface area contributed by atoms with Crippen molar-refractivity contribution in [1.82, 2.24) is 9.80 Å². The van der Waals surface area contributed by atoms with E-state index in [1.807, 2.05) is 24.3 Å². The van der Waals surface area contributed by atoms with Gasteiger partial charge in [-0.3, -0.25) is 9.80 Å². The van der Waals surface area contributed by atoms with Crippen LogP contribution in [0.3, 0.4) is 0 Å². The van der Waals surface area contributed by atoms with E-state index in [4.69, 9.17) is 0 Å². The summed E-state index contributed by atoms with van der Waals surface area (Å²) in [6, 6.07) is 16.0.